The van der Waals surface area contributed by atoms with Crippen LogP contribution in [0, 0.1) is 0 Å². The van der Waals surface area contributed by atoms with Gasteiger partial charge in [0.15, 0.2) is 6.29 Å². The van der Waals surface area contributed by atoms with Gasteiger partial charge >= 0.3 is 0 Å². The second kappa shape index (κ2) is 12.3. The topological polar surface area (TPSA) is 136 Å². The highest BCUT2D eigenvalue weighted by atomic mass is 16.5. The lowest BCUT2D eigenvalue weighted by atomic mass is 10.1. The van der Waals surface area contributed by atoms with Gasteiger partial charge in [0.25, 0.3) is 5.91 Å². The number of piperazine rings is 1. The van der Waals surface area contributed by atoms with E-state index in [1.54, 1.807) is 32.0 Å². The summed E-state index contributed by atoms with van der Waals surface area (Å²) in [4.78, 5) is 41.2. The molecule has 1 saturated heterocycles. The molecule has 11 nitrogen and oxygen atoms in total. The zero-order valence-corrected chi connectivity index (χ0v) is 24.1. The number of likely N-dealkylation sites (N-methyl/N-ethyl adjacent to an activating group) is 1. The number of phenolic OH excluding ortho intramolecular Hbond substituents is 1. The summed E-state index contributed by atoms with van der Waals surface area (Å²) in [6.07, 6.45) is 2.01. The zero-order chi connectivity index (χ0) is 29.9. The van der Waals surface area contributed by atoms with E-state index in [1.807, 2.05) is 10.6 Å². The van der Waals surface area contributed by atoms with Gasteiger partial charge in [0.1, 0.15) is 12.4 Å². The van der Waals surface area contributed by atoms with Crippen molar-refractivity contribution in [1.82, 2.24) is 24.3 Å². The minimum Gasteiger partial charge on any atom is -0.507 e. The van der Waals surface area contributed by atoms with Gasteiger partial charge in [-0.2, -0.15) is 4.99 Å². The number of phenols is 1. The van der Waals surface area contributed by atoms with E-state index >= 15 is 0 Å². The molecular formula is C31H36N6O5. The maximum Gasteiger partial charge on any atom is 0.280 e. The Morgan fingerprint density at radius 1 is 1.14 bits per heavy atom. The number of H-pyrrole nitrogens is 1. The van der Waals surface area contributed by atoms with Crippen molar-refractivity contribution in [1.29, 1.82) is 0 Å². The van der Waals surface area contributed by atoms with Gasteiger partial charge in [0.05, 0.1) is 28.7 Å². The number of aliphatic hydroxyl groups is 1. The van der Waals surface area contributed by atoms with Gasteiger partial charge in [-0.1, -0.05) is 18.2 Å². The molecular weight excluding hydrogens is 536 g/mol. The van der Waals surface area contributed by atoms with Crippen LogP contribution in [0.25, 0.3) is 11.0 Å². The number of pyridine rings is 1. The van der Waals surface area contributed by atoms with Crippen molar-refractivity contribution in [3.8, 4) is 11.6 Å². The number of nitrogens with one attached hydrogen (secondary N) is 1. The predicted octanol–water partition coefficient (Wildman–Crippen LogP) is 2.72. The zero-order valence-electron chi connectivity index (χ0n) is 24.1. The molecule has 0 radical (unpaired) electrons. The highest BCUT2D eigenvalue weighted by molar-refractivity contribution is 5.95. The Labute approximate surface area is 243 Å². The largest absolute Gasteiger partial charge is 0.507 e. The third-order valence-electron chi connectivity index (χ3n) is 7.26. The average molecular weight is 573 g/mol. The molecule has 5 rings (SSSR count). The molecule has 2 aromatic heterocycles. The first-order valence-electron chi connectivity index (χ1n) is 13.9. The SMILES string of the molecule is CN1CCN(Cc2ccc3[nH]/c(=N\C(=O)c4ccnc(OCc5cccc(O)c5C=O)c4)n(CC(C)(C)O)c3c2)CC1. The quantitative estimate of drug-likeness (QED) is 0.261. The lowest BCUT2D eigenvalue weighted by molar-refractivity contribution is 0.0612. The number of aromatic amines is 1. The fourth-order valence-corrected chi connectivity index (χ4v) is 5.00. The number of nitrogens with zero attached hydrogens (tertiary/aromatic N) is 5. The van der Waals surface area contributed by atoms with Crippen molar-refractivity contribution in [2.45, 2.75) is 39.1 Å². The van der Waals surface area contributed by atoms with Crippen LogP contribution in [0.2, 0.25) is 0 Å². The Kier molecular flexibility index (Phi) is 8.53. The number of amides is 1. The number of hydrogen-bond acceptors (Lipinski definition) is 8. The van der Waals surface area contributed by atoms with Crippen LogP contribution in [0.15, 0.2) is 59.7 Å². The lowest BCUT2D eigenvalue weighted by Gasteiger charge is -2.32. The molecule has 220 valence electrons. The van der Waals surface area contributed by atoms with E-state index < -0.39 is 11.5 Å². The van der Waals surface area contributed by atoms with Gasteiger partial charge in [-0.3, -0.25) is 14.5 Å². The van der Waals surface area contributed by atoms with E-state index in [0.29, 0.717) is 17.5 Å². The number of aromatic hydroxyl groups is 1. The van der Waals surface area contributed by atoms with E-state index in [9.17, 15) is 19.8 Å². The number of ether oxygens (including phenoxy) is 1. The summed E-state index contributed by atoms with van der Waals surface area (Å²) in [7, 11) is 2.14. The van der Waals surface area contributed by atoms with Crippen LogP contribution < -0.4 is 10.4 Å². The molecule has 42 heavy (non-hydrogen) atoms. The van der Waals surface area contributed by atoms with Gasteiger partial charge in [-0.25, -0.2) is 4.98 Å². The number of carbonyl (C=O) groups is 2. The molecule has 2 aromatic carbocycles. The van der Waals surface area contributed by atoms with Gasteiger partial charge in [0, 0.05) is 56.1 Å². The molecule has 0 unspecified atom stereocenters. The van der Waals surface area contributed by atoms with E-state index in [2.05, 4.69) is 43.9 Å². The molecule has 0 atom stereocenters. The monoisotopic (exact) mass is 572 g/mol. The smallest absolute Gasteiger partial charge is 0.280 e. The summed E-state index contributed by atoms with van der Waals surface area (Å²) in [5.41, 5.74) is 2.97. The van der Waals surface area contributed by atoms with E-state index in [4.69, 9.17) is 4.74 Å². The van der Waals surface area contributed by atoms with Gasteiger partial charge < -0.3 is 29.4 Å². The Bertz CT molecular complexity index is 1660. The summed E-state index contributed by atoms with van der Waals surface area (Å²) in [5.74, 6) is -0.473. The molecule has 1 aliphatic rings. The fraction of sp³-hybridized carbons (Fsp3) is 0.355. The molecule has 0 spiro atoms. The van der Waals surface area contributed by atoms with Crippen LogP contribution in [0.1, 0.15) is 45.7 Å². The molecule has 3 N–H and O–H groups in total. The number of imidazole rings is 1. The number of rotatable bonds is 9. The van der Waals surface area contributed by atoms with Gasteiger partial charge in [0.2, 0.25) is 11.5 Å². The van der Waals surface area contributed by atoms with E-state index in [0.717, 1.165) is 49.3 Å². The van der Waals surface area contributed by atoms with Crippen LogP contribution in [0.4, 0.5) is 0 Å². The van der Waals surface area contributed by atoms with Crippen molar-refractivity contribution in [3.63, 3.8) is 0 Å². The number of benzene rings is 2. The van der Waals surface area contributed by atoms with Crippen molar-refractivity contribution in [2.24, 2.45) is 4.99 Å². The number of fused-ring (bicyclic) bond motifs is 1. The maximum atomic E-state index is 13.3. The Morgan fingerprint density at radius 3 is 2.67 bits per heavy atom. The maximum absolute atomic E-state index is 13.3. The van der Waals surface area contributed by atoms with Crippen LogP contribution >= 0.6 is 0 Å². The van der Waals surface area contributed by atoms with Gasteiger partial charge in [-0.15, -0.1) is 0 Å². The molecule has 1 fully saturated rings. The standard InChI is InChI=1S/C31H36N6O5/c1-31(2,41)20-37-26-15-21(17-36-13-11-35(3)12-14-36)7-8-25(26)33-30(37)34-29(40)22-9-10-32-28(16-22)42-19-23-5-4-6-27(39)24(23)18-38/h4-10,15-16,18,39,41H,11-14,17,19-20H2,1-3H3,(H,33,34,40). The minimum atomic E-state index is -1.05. The van der Waals surface area contributed by atoms with Crippen LogP contribution in [0.3, 0.4) is 0 Å². The van der Waals surface area contributed by atoms with Gasteiger partial charge in [-0.05, 0) is 50.7 Å². The third kappa shape index (κ3) is 6.93. The van der Waals surface area contributed by atoms with Crippen LogP contribution in [-0.2, 0) is 19.7 Å². The lowest BCUT2D eigenvalue weighted by Crippen LogP contribution is -2.43. The number of aldehydes is 1. The second-order valence-corrected chi connectivity index (χ2v) is 11.3. The number of carbonyl (C=O) groups excluding carboxylic acids is 2. The molecule has 0 bridgehead atoms. The molecule has 4 aromatic rings. The first kappa shape index (κ1) is 29.2. The first-order valence-corrected chi connectivity index (χ1v) is 13.9. The molecule has 1 aliphatic heterocycles. The highest BCUT2D eigenvalue weighted by Crippen LogP contribution is 2.21. The molecule has 0 saturated carbocycles. The Hall–Kier alpha value is -4.32. The molecule has 3 heterocycles. The number of aromatic nitrogens is 3. The summed E-state index contributed by atoms with van der Waals surface area (Å²) < 4.78 is 7.56. The normalized spacial score (nSPS) is 15.3. The second-order valence-electron chi connectivity index (χ2n) is 11.3. The molecule has 0 aliphatic carbocycles. The van der Waals surface area contributed by atoms with E-state index in [1.165, 1.54) is 18.3 Å². The summed E-state index contributed by atoms with van der Waals surface area (Å²) in [6, 6.07) is 13.9. The summed E-state index contributed by atoms with van der Waals surface area (Å²) in [6.45, 7) is 8.54. The third-order valence-corrected chi connectivity index (χ3v) is 7.26. The fourth-order valence-electron chi connectivity index (χ4n) is 5.00. The predicted molar refractivity (Wildman–Crippen MR) is 157 cm³/mol. The Morgan fingerprint density at radius 2 is 1.93 bits per heavy atom. The van der Waals surface area contributed by atoms with Crippen LogP contribution in [-0.4, -0.2) is 85.6 Å². The highest BCUT2D eigenvalue weighted by Gasteiger charge is 2.19. The Balaban J connectivity index is 1.41. The first-order chi connectivity index (χ1) is 20.1. The number of hydrogen-bond donors (Lipinski definition) is 3. The average Bonchev–Trinajstić information content (AvgIpc) is 3.27. The minimum absolute atomic E-state index is 0.0195. The summed E-state index contributed by atoms with van der Waals surface area (Å²) in [5, 5.41) is 20.6. The molecule has 1 amide bonds. The molecule has 11 heteroatoms. The summed E-state index contributed by atoms with van der Waals surface area (Å²) >= 11 is 0. The van der Waals surface area contributed by atoms with Crippen molar-refractivity contribution < 1.29 is 24.5 Å². The van der Waals surface area contributed by atoms with Crippen molar-refractivity contribution >= 4 is 23.2 Å². The van der Waals surface area contributed by atoms with Crippen LogP contribution in [0.5, 0.6) is 11.6 Å². The van der Waals surface area contributed by atoms with Crippen molar-refractivity contribution in [3.05, 3.63) is 82.6 Å². The van der Waals surface area contributed by atoms with E-state index in [-0.39, 0.29) is 35.9 Å². The van der Waals surface area contributed by atoms with Crippen molar-refractivity contribution in [2.75, 3.05) is 33.2 Å².